The van der Waals surface area contributed by atoms with Crippen molar-refractivity contribution in [3.05, 3.63) is 0 Å². The van der Waals surface area contributed by atoms with Crippen LogP contribution >= 0.6 is 7.92 Å². The van der Waals surface area contributed by atoms with Gasteiger partial charge in [-0.2, -0.15) is 0 Å². The van der Waals surface area contributed by atoms with Gasteiger partial charge >= 0.3 is 0 Å². The summed E-state index contributed by atoms with van der Waals surface area (Å²) in [7, 11) is -0.524. The van der Waals surface area contributed by atoms with Crippen molar-refractivity contribution in [2.45, 2.75) is 58.2 Å². The molecule has 0 atom stereocenters. The summed E-state index contributed by atoms with van der Waals surface area (Å²) in [4.78, 5) is 32.3. The van der Waals surface area contributed by atoms with E-state index in [-0.39, 0.29) is 16.6 Å². The average molecular weight is 331 g/mol. The van der Waals surface area contributed by atoms with Gasteiger partial charge in [-0.15, -0.1) is 0 Å². The molecule has 0 aliphatic carbocycles. The molecule has 0 unspecified atom stereocenters. The van der Waals surface area contributed by atoms with Crippen molar-refractivity contribution in [3.63, 3.8) is 0 Å². The lowest BCUT2D eigenvalue weighted by Crippen LogP contribution is -2.48. The molecule has 7 heteroatoms. The van der Waals surface area contributed by atoms with Crippen molar-refractivity contribution >= 4 is 27.2 Å². The SMILES string of the molecule is CC(C)(CP(CC(C)(C)NC=O)CC(C)(C)NC=O)NC=O. The molecule has 0 saturated carbocycles. The summed E-state index contributed by atoms with van der Waals surface area (Å²) in [6, 6.07) is 0. The van der Waals surface area contributed by atoms with Gasteiger partial charge in [0.2, 0.25) is 19.2 Å². The zero-order chi connectivity index (χ0) is 17.4. The largest absolute Gasteiger partial charge is 0.353 e. The van der Waals surface area contributed by atoms with Crippen molar-refractivity contribution in [2.75, 3.05) is 18.5 Å². The second-order valence-electron chi connectivity index (χ2n) is 7.58. The van der Waals surface area contributed by atoms with Crippen LogP contribution in [-0.2, 0) is 14.4 Å². The molecule has 0 aromatic rings. The standard InChI is InChI=1S/C15H30N3O3P/c1-13(2,16-10-19)7-22(8-14(3,4)17-11-20)9-15(5,6)18-12-21/h10-12H,7-9H2,1-6H3,(H,16,19)(H,17,20)(H,18,21). The van der Waals surface area contributed by atoms with Crippen LogP contribution in [0, 0.1) is 0 Å². The van der Waals surface area contributed by atoms with E-state index in [9.17, 15) is 14.4 Å². The second kappa shape index (κ2) is 8.47. The Hall–Kier alpha value is -1.16. The summed E-state index contributed by atoms with van der Waals surface area (Å²) >= 11 is 0. The van der Waals surface area contributed by atoms with Gasteiger partial charge in [0.1, 0.15) is 0 Å². The van der Waals surface area contributed by atoms with E-state index in [1.165, 1.54) is 0 Å². The van der Waals surface area contributed by atoms with E-state index in [4.69, 9.17) is 0 Å². The monoisotopic (exact) mass is 331 g/mol. The number of nitrogens with one attached hydrogen (secondary N) is 3. The molecule has 128 valence electrons. The maximum Gasteiger partial charge on any atom is 0.207 e. The highest BCUT2D eigenvalue weighted by Gasteiger charge is 2.31. The van der Waals surface area contributed by atoms with Gasteiger partial charge in [0.25, 0.3) is 0 Å². The number of hydrogen-bond donors (Lipinski definition) is 3. The van der Waals surface area contributed by atoms with E-state index in [2.05, 4.69) is 16.0 Å². The first-order valence-corrected chi connectivity index (χ1v) is 9.23. The van der Waals surface area contributed by atoms with Crippen LogP contribution in [0.1, 0.15) is 41.5 Å². The molecular formula is C15H30N3O3P. The maximum atomic E-state index is 10.8. The topological polar surface area (TPSA) is 87.3 Å². The van der Waals surface area contributed by atoms with Gasteiger partial charge in [0, 0.05) is 16.6 Å². The molecule has 0 spiro atoms. The van der Waals surface area contributed by atoms with Crippen LogP contribution in [0.25, 0.3) is 0 Å². The fraction of sp³-hybridized carbons (Fsp3) is 0.800. The normalized spacial score (nSPS) is 12.7. The molecule has 0 aliphatic rings. The maximum absolute atomic E-state index is 10.8. The third kappa shape index (κ3) is 8.98. The predicted octanol–water partition coefficient (Wildman–Crippen LogP) is 1.04. The zero-order valence-electron chi connectivity index (χ0n) is 14.5. The lowest BCUT2D eigenvalue weighted by Gasteiger charge is -2.38. The zero-order valence-corrected chi connectivity index (χ0v) is 15.4. The highest BCUT2D eigenvalue weighted by molar-refractivity contribution is 7.58. The molecule has 0 aliphatic heterocycles. The lowest BCUT2D eigenvalue weighted by atomic mass is 10.1. The molecular weight excluding hydrogens is 301 g/mol. The fourth-order valence-electron chi connectivity index (χ4n) is 2.46. The molecule has 0 rings (SSSR count). The Bertz CT molecular complexity index is 327. The molecule has 6 nitrogen and oxygen atoms in total. The van der Waals surface area contributed by atoms with Crippen molar-refractivity contribution in [2.24, 2.45) is 0 Å². The minimum atomic E-state index is -0.524. The van der Waals surface area contributed by atoms with Crippen molar-refractivity contribution < 1.29 is 14.4 Å². The van der Waals surface area contributed by atoms with Crippen LogP contribution in [0.5, 0.6) is 0 Å². The summed E-state index contributed by atoms with van der Waals surface area (Å²) in [6.45, 7) is 11.9. The Kier molecular flexibility index (Phi) is 8.02. The summed E-state index contributed by atoms with van der Waals surface area (Å²) in [5, 5.41) is 8.53. The Morgan fingerprint density at radius 2 is 0.864 bits per heavy atom. The lowest BCUT2D eigenvalue weighted by molar-refractivity contribution is -0.111. The summed E-state index contributed by atoms with van der Waals surface area (Å²) in [5.74, 6) is 0. The van der Waals surface area contributed by atoms with Crippen LogP contribution in [-0.4, -0.2) is 54.3 Å². The summed E-state index contributed by atoms with van der Waals surface area (Å²) < 4.78 is 0. The van der Waals surface area contributed by atoms with Gasteiger partial charge in [-0.1, -0.05) is 7.92 Å². The van der Waals surface area contributed by atoms with Crippen LogP contribution < -0.4 is 16.0 Å². The molecule has 0 aromatic heterocycles. The fourth-order valence-corrected chi connectivity index (χ4v) is 6.42. The van der Waals surface area contributed by atoms with Crippen LogP contribution in [0.2, 0.25) is 0 Å². The average Bonchev–Trinajstić information content (AvgIpc) is 2.25. The highest BCUT2D eigenvalue weighted by atomic mass is 31.1. The number of rotatable bonds is 12. The van der Waals surface area contributed by atoms with E-state index in [1.807, 2.05) is 41.5 Å². The minimum absolute atomic E-state index is 0.317. The predicted molar refractivity (Wildman–Crippen MR) is 91.4 cm³/mol. The molecule has 0 bridgehead atoms. The van der Waals surface area contributed by atoms with Gasteiger partial charge in [-0.3, -0.25) is 14.4 Å². The van der Waals surface area contributed by atoms with E-state index in [0.717, 1.165) is 37.7 Å². The molecule has 0 aromatic carbocycles. The molecule has 0 saturated heterocycles. The van der Waals surface area contributed by atoms with E-state index < -0.39 is 7.92 Å². The third-order valence-electron chi connectivity index (χ3n) is 3.21. The van der Waals surface area contributed by atoms with Crippen molar-refractivity contribution in [3.8, 4) is 0 Å². The van der Waals surface area contributed by atoms with Crippen molar-refractivity contribution in [1.82, 2.24) is 16.0 Å². The first-order valence-electron chi connectivity index (χ1n) is 7.33. The Morgan fingerprint density at radius 3 is 1.05 bits per heavy atom. The summed E-state index contributed by atoms with van der Waals surface area (Å²) in [6.07, 6.45) is 4.60. The van der Waals surface area contributed by atoms with E-state index >= 15 is 0 Å². The molecule has 22 heavy (non-hydrogen) atoms. The van der Waals surface area contributed by atoms with Crippen LogP contribution in [0.4, 0.5) is 0 Å². The van der Waals surface area contributed by atoms with Crippen LogP contribution in [0.3, 0.4) is 0 Å². The minimum Gasteiger partial charge on any atom is -0.353 e. The van der Waals surface area contributed by atoms with Gasteiger partial charge in [-0.25, -0.2) is 0 Å². The summed E-state index contributed by atoms with van der Waals surface area (Å²) in [5.41, 5.74) is -0.952. The smallest absolute Gasteiger partial charge is 0.207 e. The van der Waals surface area contributed by atoms with Gasteiger partial charge in [0.05, 0.1) is 0 Å². The van der Waals surface area contributed by atoms with E-state index in [1.54, 1.807) is 0 Å². The number of amides is 3. The Labute approximate surface area is 134 Å². The third-order valence-corrected chi connectivity index (χ3v) is 6.92. The van der Waals surface area contributed by atoms with Gasteiger partial charge in [-0.05, 0) is 60.0 Å². The van der Waals surface area contributed by atoms with Gasteiger partial charge in [0.15, 0.2) is 0 Å². The molecule has 3 amide bonds. The van der Waals surface area contributed by atoms with E-state index in [0.29, 0.717) is 0 Å². The quantitative estimate of drug-likeness (QED) is 0.369. The molecule has 3 N–H and O–H groups in total. The second-order valence-corrected chi connectivity index (χ2v) is 9.87. The highest BCUT2D eigenvalue weighted by Crippen LogP contribution is 2.44. The first-order chi connectivity index (χ1) is 9.97. The molecule has 0 heterocycles. The van der Waals surface area contributed by atoms with Crippen molar-refractivity contribution in [1.29, 1.82) is 0 Å². The Balaban J connectivity index is 5.09. The Morgan fingerprint density at radius 1 is 0.636 bits per heavy atom. The van der Waals surface area contributed by atoms with Crippen LogP contribution in [0.15, 0.2) is 0 Å². The number of carbonyl (C=O) groups excluding carboxylic acids is 3. The van der Waals surface area contributed by atoms with Gasteiger partial charge < -0.3 is 16.0 Å². The first kappa shape index (κ1) is 20.8. The number of hydrogen-bond acceptors (Lipinski definition) is 3. The molecule has 0 radical (unpaired) electrons. The molecule has 0 fully saturated rings. The number of carbonyl (C=O) groups is 3.